The number of nitrogens with zero attached hydrogens (tertiary/aromatic N) is 2. The first-order chi connectivity index (χ1) is 7.29. The predicted octanol–water partition coefficient (Wildman–Crippen LogP) is 2.07. The van der Waals surface area contributed by atoms with E-state index in [0.29, 0.717) is 18.9 Å². The molecule has 0 spiro atoms. The van der Waals surface area contributed by atoms with E-state index >= 15 is 0 Å². The molecule has 0 saturated carbocycles. The maximum atomic E-state index is 5.38. The third-order valence-corrected chi connectivity index (χ3v) is 2.30. The van der Waals surface area contributed by atoms with Crippen LogP contribution in [0.1, 0.15) is 13.3 Å². The molecule has 0 aromatic carbocycles. The van der Waals surface area contributed by atoms with Gasteiger partial charge in [0.25, 0.3) is 0 Å². The molecule has 4 nitrogen and oxygen atoms in total. The van der Waals surface area contributed by atoms with Crippen LogP contribution >= 0.6 is 15.9 Å². The molecule has 5 heteroatoms. The van der Waals surface area contributed by atoms with Gasteiger partial charge in [0.1, 0.15) is 23.2 Å². The topological polar surface area (TPSA) is 47.0 Å². The Hall–Kier alpha value is -1.28. The van der Waals surface area contributed by atoms with Crippen LogP contribution in [0.3, 0.4) is 0 Å². The molecule has 0 bridgehead atoms. The fourth-order valence-electron chi connectivity index (χ4n) is 0.952. The minimum Gasteiger partial charge on any atom is -0.476 e. The molecule has 0 amide bonds. The third kappa shape index (κ3) is 3.40. The summed E-state index contributed by atoms with van der Waals surface area (Å²) in [5.41, 5.74) is 0. The highest BCUT2D eigenvalue weighted by Crippen LogP contribution is 2.28. The zero-order valence-electron chi connectivity index (χ0n) is 8.46. The summed E-state index contributed by atoms with van der Waals surface area (Å²) < 4.78 is 6.11. The Balaban J connectivity index is 2.71. The van der Waals surface area contributed by atoms with E-state index in [1.165, 1.54) is 6.33 Å². The van der Waals surface area contributed by atoms with Crippen LogP contribution in [0.2, 0.25) is 0 Å². The van der Waals surface area contributed by atoms with Crippen LogP contribution in [0.15, 0.2) is 10.8 Å². The summed E-state index contributed by atoms with van der Waals surface area (Å²) >= 11 is 3.37. The van der Waals surface area contributed by atoms with Crippen molar-refractivity contribution < 1.29 is 4.74 Å². The van der Waals surface area contributed by atoms with E-state index in [4.69, 9.17) is 11.2 Å². The first-order valence-electron chi connectivity index (χ1n) is 4.60. The molecule has 0 aliphatic rings. The molecule has 1 aromatic rings. The van der Waals surface area contributed by atoms with Crippen molar-refractivity contribution in [1.29, 1.82) is 0 Å². The standard InChI is InChI=1S/C10H12BrN3O/c1-3-5-6-15-10-8(11)9(12-4-2)13-7-14-10/h1,7H,4-6H2,2H3,(H,12,13,14). The summed E-state index contributed by atoms with van der Waals surface area (Å²) in [6, 6.07) is 0. The Morgan fingerprint density at radius 3 is 3.07 bits per heavy atom. The molecule has 0 fully saturated rings. The number of ether oxygens (including phenoxy) is 1. The first kappa shape index (κ1) is 11.8. The SMILES string of the molecule is C#CCCOc1ncnc(NCC)c1Br. The summed E-state index contributed by atoms with van der Waals surface area (Å²) in [6.07, 6.45) is 7.14. The first-order valence-corrected chi connectivity index (χ1v) is 5.39. The number of hydrogen-bond donors (Lipinski definition) is 1. The van der Waals surface area contributed by atoms with Crippen LogP contribution in [0.25, 0.3) is 0 Å². The molecule has 0 saturated heterocycles. The van der Waals surface area contributed by atoms with Crippen molar-refractivity contribution in [2.75, 3.05) is 18.5 Å². The van der Waals surface area contributed by atoms with E-state index in [1.807, 2.05) is 6.92 Å². The van der Waals surface area contributed by atoms with Crippen LogP contribution in [0.5, 0.6) is 5.88 Å². The summed E-state index contributed by atoms with van der Waals surface area (Å²) in [5.74, 6) is 3.73. The molecule has 1 N–H and O–H groups in total. The Labute approximate surface area is 97.6 Å². The highest BCUT2D eigenvalue weighted by molar-refractivity contribution is 9.10. The lowest BCUT2D eigenvalue weighted by molar-refractivity contribution is 0.312. The van der Waals surface area contributed by atoms with Crippen molar-refractivity contribution >= 4 is 21.7 Å². The van der Waals surface area contributed by atoms with Crippen LogP contribution < -0.4 is 10.1 Å². The normalized spacial score (nSPS) is 9.40. The van der Waals surface area contributed by atoms with Gasteiger partial charge in [-0.3, -0.25) is 0 Å². The van der Waals surface area contributed by atoms with Gasteiger partial charge in [0, 0.05) is 13.0 Å². The van der Waals surface area contributed by atoms with Gasteiger partial charge in [0.15, 0.2) is 0 Å². The van der Waals surface area contributed by atoms with Gasteiger partial charge in [-0.25, -0.2) is 9.97 Å². The number of aromatic nitrogens is 2. The molecule has 0 aliphatic carbocycles. The van der Waals surface area contributed by atoms with Crippen LogP contribution in [0, 0.1) is 12.3 Å². The van der Waals surface area contributed by atoms with Gasteiger partial charge in [0.2, 0.25) is 5.88 Å². The van der Waals surface area contributed by atoms with Gasteiger partial charge in [-0.2, -0.15) is 0 Å². The second kappa shape index (κ2) is 6.25. The van der Waals surface area contributed by atoms with Gasteiger partial charge in [-0.15, -0.1) is 12.3 Å². The molecule has 80 valence electrons. The quantitative estimate of drug-likeness (QED) is 0.657. The lowest BCUT2D eigenvalue weighted by Gasteiger charge is -2.08. The molecule has 1 rings (SSSR count). The summed E-state index contributed by atoms with van der Waals surface area (Å²) in [7, 11) is 0. The minimum absolute atomic E-state index is 0.456. The van der Waals surface area contributed by atoms with Crippen molar-refractivity contribution in [3.8, 4) is 18.2 Å². The average Bonchev–Trinajstić information content (AvgIpc) is 2.24. The second-order valence-corrected chi connectivity index (χ2v) is 3.47. The zero-order valence-corrected chi connectivity index (χ0v) is 10.0. The number of terminal acetylenes is 1. The lowest BCUT2D eigenvalue weighted by atomic mass is 10.5. The molecule has 15 heavy (non-hydrogen) atoms. The maximum absolute atomic E-state index is 5.38. The summed E-state index contributed by atoms with van der Waals surface area (Å²) in [5, 5.41) is 3.09. The van der Waals surface area contributed by atoms with E-state index < -0.39 is 0 Å². The van der Waals surface area contributed by atoms with Crippen LogP contribution in [-0.4, -0.2) is 23.1 Å². The number of hydrogen-bond acceptors (Lipinski definition) is 4. The average molecular weight is 270 g/mol. The van der Waals surface area contributed by atoms with Gasteiger partial charge < -0.3 is 10.1 Å². The molecule has 0 atom stereocenters. The van der Waals surface area contributed by atoms with Crippen molar-refractivity contribution in [3.63, 3.8) is 0 Å². The lowest BCUT2D eigenvalue weighted by Crippen LogP contribution is -2.04. The largest absolute Gasteiger partial charge is 0.476 e. The molecular weight excluding hydrogens is 258 g/mol. The maximum Gasteiger partial charge on any atom is 0.233 e. The smallest absolute Gasteiger partial charge is 0.233 e. The van der Waals surface area contributed by atoms with Gasteiger partial charge in [-0.1, -0.05) is 0 Å². The highest BCUT2D eigenvalue weighted by atomic mass is 79.9. The predicted molar refractivity (Wildman–Crippen MR) is 62.8 cm³/mol. The number of halogens is 1. The fraction of sp³-hybridized carbons (Fsp3) is 0.400. The summed E-state index contributed by atoms with van der Waals surface area (Å²) in [4.78, 5) is 8.07. The van der Waals surface area contributed by atoms with Crippen LogP contribution in [0.4, 0.5) is 5.82 Å². The second-order valence-electron chi connectivity index (χ2n) is 2.67. The van der Waals surface area contributed by atoms with E-state index in [-0.39, 0.29) is 0 Å². The molecule has 1 aromatic heterocycles. The summed E-state index contributed by atoms with van der Waals surface area (Å²) in [6.45, 7) is 3.24. The number of rotatable bonds is 5. The van der Waals surface area contributed by atoms with Crippen LogP contribution in [-0.2, 0) is 0 Å². The Bertz CT molecular complexity index is 362. The van der Waals surface area contributed by atoms with Gasteiger partial charge >= 0.3 is 0 Å². The van der Waals surface area contributed by atoms with Gasteiger partial charge in [0.05, 0.1) is 0 Å². The van der Waals surface area contributed by atoms with Crippen molar-refractivity contribution in [2.45, 2.75) is 13.3 Å². The van der Waals surface area contributed by atoms with Crippen molar-refractivity contribution in [3.05, 3.63) is 10.8 Å². The Morgan fingerprint density at radius 2 is 2.40 bits per heavy atom. The van der Waals surface area contributed by atoms with E-state index in [0.717, 1.165) is 16.8 Å². The molecular formula is C10H12BrN3O. The number of anilines is 1. The van der Waals surface area contributed by atoms with E-state index in [9.17, 15) is 0 Å². The molecule has 1 heterocycles. The highest BCUT2D eigenvalue weighted by Gasteiger charge is 2.08. The monoisotopic (exact) mass is 269 g/mol. The molecule has 0 radical (unpaired) electrons. The Morgan fingerprint density at radius 1 is 1.60 bits per heavy atom. The fourth-order valence-corrected chi connectivity index (χ4v) is 1.41. The third-order valence-electron chi connectivity index (χ3n) is 1.59. The van der Waals surface area contributed by atoms with Gasteiger partial charge in [-0.05, 0) is 22.9 Å². The van der Waals surface area contributed by atoms with E-state index in [2.05, 4.69) is 37.1 Å². The minimum atomic E-state index is 0.456. The Kier molecular flexibility index (Phi) is 4.91. The zero-order chi connectivity index (χ0) is 11.1. The number of nitrogens with one attached hydrogen (secondary N) is 1. The van der Waals surface area contributed by atoms with Crippen molar-refractivity contribution in [1.82, 2.24) is 9.97 Å². The molecule has 0 unspecified atom stereocenters. The van der Waals surface area contributed by atoms with Crippen molar-refractivity contribution in [2.24, 2.45) is 0 Å². The van der Waals surface area contributed by atoms with E-state index in [1.54, 1.807) is 0 Å². The molecule has 0 aliphatic heterocycles.